The van der Waals surface area contributed by atoms with Gasteiger partial charge in [-0.2, -0.15) is 0 Å². The Hall–Kier alpha value is -2.67. The van der Waals surface area contributed by atoms with Crippen LogP contribution in [0.25, 0.3) is 11.0 Å². The predicted molar refractivity (Wildman–Crippen MR) is 106 cm³/mol. The van der Waals surface area contributed by atoms with Gasteiger partial charge in [0.05, 0.1) is 16.8 Å². The zero-order valence-electron chi connectivity index (χ0n) is 15.5. The van der Waals surface area contributed by atoms with Crippen LogP contribution in [0.2, 0.25) is 0 Å². The summed E-state index contributed by atoms with van der Waals surface area (Å²) in [7, 11) is -3.13. The van der Waals surface area contributed by atoms with E-state index in [0.717, 1.165) is 29.8 Å². The number of hydrogen-bond donors (Lipinski definition) is 1. The van der Waals surface area contributed by atoms with Crippen LogP contribution in [0.3, 0.4) is 0 Å². The summed E-state index contributed by atoms with van der Waals surface area (Å²) in [4.78, 5) is 16.9. The van der Waals surface area contributed by atoms with Gasteiger partial charge < -0.3 is 9.88 Å². The molecule has 0 spiro atoms. The van der Waals surface area contributed by atoms with Crippen LogP contribution in [0.5, 0.6) is 0 Å². The van der Waals surface area contributed by atoms with Gasteiger partial charge in [-0.25, -0.2) is 13.4 Å². The van der Waals surface area contributed by atoms with Gasteiger partial charge in [0.25, 0.3) is 5.91 Å². The molecule has 3 aromatic rings. The zero-order valence-corrected chi connectivity index (χ0v) is 16.3. The van der Waals surface area contributed by atoms with Gasteiger partial charge in [0.2, 0.25) is 0 Å². The number of nitrogens with one attached hydrogen (secondary N) is 1. The summed E-state index contributed by atoms with van der Waals surface area (Å²) in [5.74, 6) is 0.690. The van der Waals surface area contributed by atoms with Gasteiger partial charge in [-0.3, -0.25) is 4.79 Å². The molecule has 0 atom stereocenters. The quantitative estimate of drug-likeness (QED) is 0.634. The molecule has 1 amide bonds. The number of aromatic nitrogens is 2. The van der Waals surface area contributed by atoms with Crippen molar-refractivity contribution in [3.8, 4) is 0 Å². The highest BCUT2D eigenvalue weighted by Gasteiger charge is 2.10. The first-order valence-electron chi connectivity index (χ1n) is 8.80. The Bertz CT molecular complexity index is 1070. The molecule has 0 aliphatic heterocycles. The molecule has 0 saturated carbocycles. The van der Waals surface area contributed by atoms with Crippen LogP contribution in [0.1, 0.15) is 28.2 Å². The van der Waals surface area contributed by atoms with Crippen molar-refractivity contribution < 1.29 is 13.2 Å². The summed E-state index contributed by atoms with van der Waals surface area (Å²) < 4.78 is 25.0. The molecule has 0 aliphatic carbocycles. The second-order valence-electron chi connectivity index (χ2n) is 6.68. The van der Waals surface area contributed by atoms with Crippen LogP contribution in [0, 0.1) is 6.92 Å². The second-order valence-corrected chi connectivity index (χ2v) is 8.82. The number of aryl methyl sites for hydroxylation is 2. The number of carbonyl (C=O) groups excluding carboxylic acids is 1. The number of sulfone groups is 1. The van der Waals surface area contributed by atoms with Gasteiger partial charge in [0, 0.05) is 24.9 Å². The molecule has 27 heavy (non-hydrogen) atoms. The van der Waals surface area contributed by atoms with Crippen molar-refractivity contribution in [3.63, 3.8) is 0 Å². The maximum Gasteiger partial charge on any atom is 0.251 e. The topological polar surface area (TPSA) is 81.1 Å². The maximum absolute atomic E-state index is 12.3. The predicted octanol–water partition coefficient (Wildman–Crippen LogP) is 2.71. The molecule has 1 aromatic heterocycles. The maximum atomic E-state index is 12.3. The summed E-state index contributed by atoms with van der Waals surface area (Å²) in [6.45, 7) is 3.27. The van der Waals surface area contributed by atoms with Gasteiger partial charge in [-0.1, -0.05) is 24.3 Å². The third-order valence-electron chi connectivity index (χ3n) is 4.31. The molecule has 1 N–H and O–H groups in total. The van der Waals surface area contributed by atoms with E-state index >= 15 is 0 Å². The summed E-state index contributed by atoms with van der Waals surface area (Å²) in [6, 6.07) is 14.7. The standard InChI is InChI=1S/C20H23N3O3S/c1-15-22-18-9-3-4-10-19(18)23(15)12-6-11-21-20(24)17-8-5-7-16(13-17)14-27(2,25)26/h3-5,7-10,13H,6,11-12,14H2,1-2H3,(H,21,24). The lowest BCUT2D eigenvalue weighted by Crippen LogP contribution is -2.25. The summed E-state index contributed by atoms with van der Waals surface area (Å²) in [5, 5.41) is 2.90. The molecular weight excluding hydrogens is 362 g/mol. The fourth-order valence-electron chi connectivity index (χ4n) is 3.12. The van der Waals surface area contributed by atoms with Gasteiger partial charge >= 0.3 is 0 Å². The van der Waals surface area contributed by atoms with Crippen LogP contribution in [-0.4, -0.2) is 36.7 Å². The highest BCUT2D eigenvalue weighted by Crippen LogP contribution is 2.15. The van der Waals surface area contributed by atoms with Crippen molar-refractivity contribution in [2.75, 3.05) is 12.8 Å². The molecule has 142 valence electrons. The van der Waals surface area contributed by atoms with Gasteiger partial charge in [0.15, 0.2) is 9.84 Å². The number of amides is 1. The van der Waals surface area contributed by atoms with Crippen LogP contribution < -0.4 is 5.32 Å². The van der Waals surface area contributed by atoms with E-state index in [9.17, 15) is 13.2 Å². The zero-order chi connectivity index (χ0) is 19.4. The van der Waals surface area contributed by atoms with Gasteiger partial charge in [0.1, 0.15) is 5.82 Å². The Morgan fingerprint density at radius 3 is 2.70 bits per heavy atom. The van der Waals surface area contributed by atoms with E-state index in [1.165, 1.54) is 6.26 Å². The van der Waals surface area contributed by atoms with E-state index < -0.39 is 9.84 Å². The molecule has 0 fully saturated rings. The van der Waals surface area contributed by atoms with Gasteiger partial charge in [-0.15, -0.1) is 0 Å². The number of hydrogen-bond acceptors (Lipinski definition) is 4. The van der Waals surface area contributed by atoms with Crippen molar-refractivity contribution >= 4 is 26.8 Å². The fraction of sp³-hybridized carbons (Fsp3) is 0.300. The number of nitrogens with zero attached hydrogens (tertiary/aromatic N) is 2. The lowest BCUT2D eigenvalue weighted by Gasteiger charge is -2.09. The second kappa shape index (κ2) is 7.92. The smallest absolute Gasteiger partial charge is 0.251 e. The molecule has 2 aromatic carbocycles. The minimum Gasteiger partial charge on any atom is -0.352 e. The van der Waals surface area contributed by atoms with Crippen molar-refractivity contribution in [2.24, 2.45) is 0 Å². The SMILES string of the molecule is Cc1nc2ccccc2n1CCCNC(=O)c1cccc(CS(C)(=O)=O)c1. The van der Waals surface area contributed by atoms with E-state index in [0.29, 0.717) is 17.7 Å². The largest absolute Gasteiger partial charge is 0.352 e. The number of imidazole rings is 1. The molecule has 7 heteroatoms. The van der Waals surface area contributed by atoms with Crippen molar-refractivity contribution in [1.29, 1.82) is 0 Å². The van der Waals surface area contributed by atoms with Crippen molar-refractivity contribution in [3.05, 3.63) is 65.5 Å². The highest BCUT2D eigenvalue weighted by molar-refractivity contribution is 7.89. The van der Waals surface area contributed by atoms with Crippen molar-refractivity contribution in [1.82, 2.24) is 14.9 Å². The molecule has 0 saturated heterocycles. The van der Waals surface area contributed by atoms with E-state index in [1.54, 1.807) is 24.3 Å². The Balaban J connectivity index is 1.57. The van der Waals surface area contributed by atoms with Gasteiger partial charge in [-0.05, 0) is 43.2 Å². The van der Waals surface area contributed by atoms with Crippen LogP contribution >= 0.6 is 0 Å². The third-order valence-corrected chi connectivity index (χ3v) is 5.17. The minimum absolute atomic E-state index is 0.0684. The minimum atomic E-state index is -3.13. The summed E-state index contributed by atoms with van der Waals surface area (Å²) in [5.41, 5.74) is 3.16. The molecule has 0 radical (unpaired) electrons. The Kier molecular flexibility index (Phi) is 5.60. The lowest BCUT2D eigenvalue weighted by atomic mass is 10.1. The molecule has 3 rings (SSSR count). The first-order valence-corrected chi connectivity index (χ1v) is 10.9. The Morgan fingerprint density at radius 2 is 1.93 bits per heavy atom. The molecule has 0 unspecified atom stereocenters. The molecular formula is C20H23N3O3S. The Labute approximate surface area is 159 Å². The molecule has 6 nitrogen and oxygen atoms in total. The van der Waals surface area contributed by atoms with E-state index in [1.807, 2.05) is 31.2 Å². The van der Waals surface area contributed by atoms with E-state index in [2.05, 4.69) is 14.9 Å². The van der Waals surface area contributed by atoms with Crippen LogP contribution in [0.4, 0.5) is 0 Å². The number of benzene rings is 2. The fourth-order valence-corrected chi connectivity index (χ4v) is 3.91. The van der Waals surface area contributed by atoms with Crippen molar-refractivity contribution in [2.45, 2.75) is 25.6 Å². The van der Waals surface area contributed by atoms with E-state index in [-0.39, 0.29) is 11.7 Å². The average molecular weight is 385 g/mol. The summed E-state index contributed by atoms with van der Waals surface area (Å²) in [6.07, 6.45) is 1.96. The monoisotopic (exact) mass is 385 g/mol. The number of carbonyl (C=O) groups is 1. The first kappa shape index (κ1) is 19.1. The average Bonchev–Trinajstić information content (AvgIpc) is 2.92. The third kappa shape index (κ3) is 4.95. The normalized spacial score (nSPS) is 11.6. The lowest BCUT2D eigenvalue weighted by molar-refractivity contribution is 0.0952. The number of rotatable bonds is 7. The first-order chi connectivity index (χ1) is 12.8. The molecule has 0 bridgehead atoms. The number of para-hydroxylation sites is 2. The molecule has 1 heterocycles. The molecule has 0 aliphatic rings. The highest BCUT2D eigenvalue weighted by atomic mass is 32.2. The number of fused-ring (bicyclic) bond motifs is 1. The van der Waals surface area contributed by atoms with E-state index in [4.69, 9.17) is 0 Å². The Morgan fingerprint density at radius 1 is 1.15 bits per heavy atom. The van der Waals surface area contributed by atoms with Crippen LogP contribution in [-0.2, 0) is 22.1 Å². The summed E-state index contributed by atoms with van der Waals surface area (Å²) >= 11 is 0. The van der Waals surface area contributed by atoms with Crippen LogP contribution in [0.15, 0.2) is 48.5 Å².